The molecule has 4 rings (SSSR count). The van der Waals surface area contributed by atoms with Gasteiger partial charge in [-0.15, -0.1) is 0 Å². The third kappa shape index (κ3) is 5.00. The number of rotatable bonds is 6. The Morgan fingerprint density at radius 3 is 2.41 bits per heavy atom. The number of amides is 1. The van der Waals surface area contributed by atoms with E-state index in [2.05, 4.69) is 16.0 Å². The van der Waals surface area contributed by atoms with Gasteiger partial charge >= 0.3 is 0 Å². The van der Waals surface area contributed by atoms with Crippen LogP contribution in [0.5, 0.6) is 5.75 Å². The molecule has 2 aromatic carbocycles. The molecule has 2 heterocycles. The number of pyridine rings is 1. The van der Waals surface area contributed by atoms with Crippen molar-refractivity contribution >= 4 is 5.91 Å². The van der Waals surface area contributed by atoms with E-state index in [0.717, 1.165) is 49.6 Å². The lowest BCUT2D eigenvalue weighted by Crippen LogP contribution is -2.48. The molecule has 29 heavy (non-hydrogen) atoms. The molecule has 0 unspecified atom stereocenters. The zero-order valence-corrected chi connectivity index (χ0v) is 16.4. The first-order chi connectivity index (χ1) is 14.3. The highest BCUT2D eigenvalue weighted by atomic mass is 16.5. The molecular weight excluding hydrogens is 362 g/mol. The second-order valence-electron chi connectivity index (χ2n) is 7.19. The molecule has 5 nitrogen and oxygen atoms in total. The number of piperazine rings is 1. The van der Waals surface area contributed by atoms with Gasteiger partial charge in [-0.25, -0.2) is 0 Å². The van der Waals surface area contributed by atoms with Gasteiger partial charge in [0, 0.05) is 56.2 Å². The summed E-state index contributed by atoms with van der Waals surface area (Å²) >= 11 is 0. The van der Waals surface area contributed by atoms with Crippen LogP contribution < -0.4 is 4.74 Å². The molecule has 1 aromatic heterocycles. The Balaban J connectivity index is 1.36. The van der Waals surface area contributed by atoms with Crippen LogP contribution in [0.25, 0.3) is 0 Å². The number of nitrogens with zero attached hydrogens (tertiary/aromatic N) is 3. The van der Waals surface area contributed by atoms with Gasteiger partial charge in [-0.1, -0.05) is 42.5 Å². The van der Waals surface area contributed by atoms with Crippen molar-refractivity contribution < 1.29 is 9.53 Å². The van der Waals surface area contributed by atoms with Gasteiger partial charge in [0.05, 0.1) is 0 Å². The van der Waals surface area contributed by atoms with Crippen molar-refractivity contribution in [1.29, 1.82) is 0 Å². The number of carbonyl (C=O) groups is 1. The van der Waals surface area contributed by atoms with Gasteiger partial charge in [-0.05, 0) is 29.8 Å². The monoisotopic (exact) mass is 387 g/mol. The highest BCUT2D eigenvalue weighted by Crippen LogP contribution is 2.18. The van der Waals surface area contributed by atoms with Gasteiger partial charge in [0.2, 0.25) is 0 Å². The van der Waals surface area contributed by atoms with Crippen molar-refractivity contribution in [3.05, 3.63) is 95.8 Å². The first-order valence-corrected chi connectivity index (χ1v) is 9.96. The Morgan fingerprint density at radius 2 is 1.66 bits per heavy atom. The van der Waals surface area contributed by atoms with Gasteiger partial charge in [-0.2, -0.15) is 0 Å². The van der Waals surface area contributed by atoms with E-state index in [1.165, 1.54) is 5.56 Å². The Labute approximate surface area is 171 Å². The molecule has 148 valence electrons. The second kappa shape index (κ2) is 9.34. The molecular formula is C24H25N3O2. The van der Waals surface area contributed by atoms with Gasteiger partial charge in [0.15, 0.2) is 0 Å². The van der Waals surface area contributed by atoms with Gasteiger partial charge < -0.3 is 9.64 Å². The number of aromatic nitrogens is 1. The van der Waals surface area contributed by atoms with Crippen molar-refractivity contribution in [1.82, 2.24) is 14.8 Å². The molecule has 1 fully saturated rings. The molecule has 1 amide bonds. The Morgan fingerprint density at radius 1 is 0.897 bits per heavy atom. The number of para-hydroxylation sites is 1. The largest absolute Gasteiger partial charge is 0.489 e. The fraction of sp³-hybridized carbons (Fsp3) is 0.250. The van der Waals surface area contributed by atoms with E-state index < -0.39 is 0 Å². The Hall–Kier alpha value is -3.18. The maximum atomic E-state index is 13.1. The van der Waals surface area contributed by atoms with Gasteiger partial charge in [0.1, 0.15) is 12.4 Å². The Bertz CT molecular complexity index is 923. The minimum Gasteiger partial charge on any atom is -0.489 e. The smallest absolute Gasteiger partial charge is 0.254 e. The Kier molecular flexibility index (Phi) is 6.17. The molecule has 0 aliphatic carbocycles. The average molecular weight is 387 g/mol. The van der Waals surface area contributed by atoms with E-state index in [4.69, 9.17) is 4.74 Å². The van der Waals surface area contributed by atoms with Crippen molar-refractivity contribution in [3.63, 3.8) is 0 Å². The van der Waals surface area contributed by atoms with Crippen molar-refractivity contribution in [2.75, 3.05) is 26.2 Å². The zero-order chi connectivity index (χ0) is 19.9. The number of benzene rings is 2. The SMILES string of the molecule is O=C(c1ccccc1COc1ccccc1)N1CCN(Cc2cccnc2)CC1. The van der Waals surface area contributed by atoms with E-state index in [9.17, 15) is 4.79 Å². The summed E-state index contributed by atoms with van der Waals surface area (Å²) in [5, 5.41) is 0. The molecule has 0 saturated carbocycles. The van der Waals surface area contributed by atoms with E-state index in [1.807, 2.05) is 71.8 Å². The molecule has 5 heteroatoms. The summed E-state index contributed by atoms with van der Waals surface area (Å²) in [4.78, 5) is 21.6. The normalized spacial score (nSPS) is 14.6. The molecule has 1 aliphatic heterocycles. The fourth-order valence-electron chi connectivity index (χ4n) is 3.56. The summed E-state index contributed by atoms with van der Waals surface area (Å²) in [5.41, 5.74) is 2.85. The van der Waals surface area contributed by atoms with E-state index in [0.29, 0.717) is 6.61 Å². The van der Waals surface area contributed by atoms with E-state index in [1.54, 1.807) is 6.20 Å². The lowest BCUT2D eigenvalue weighted by Gasteiger charge is -2.35. The van der Waals surface area contributed by atoms with Crippen LogP contribution in [0.3, 0.4) is 0 Å². The van der Waals surface area contributed by atoms with Crippen LogP contribution in [0.15, 0.2) is 79.1 Å². The lowest BCUT2D eigenvalue weighted by molar-refractivity contribution is 0.0625. The predicted molar refractivity (Wildman–Crippen MR) is 113 cm³/mol. The molecule has 1 saturated heterocycles. The molecule has 0 N–H and O–H groups in total. The lowest BCUT2D eigenvalue weighted by atomic mass is 10.1. The third-order valence-corrected chi connectivity index (χ3v) is 5.17. The molecule has 1 aliphatic rings. The second-order valence-corrected chi connectivity index (χ2v) is 7.19. The van der Waals surface area contributed by atoms with Crippen LogP contribution in [0, 0.1) is 0 Å². The maximum absolute atomic E-state index is 13.1. The topological polar surface area (TPSA) is 45.7 Å². The number of carbonyl (C=O) groups excluding carboxylic acids is 1. The number of hydrogen-bond acceptors (Lipinski definition) is 4. The van der Waals surface area contributed by atoms with Crippen molar-refractivity contribution in [3.8, 4) is 5.75 Å². The quantitative estimate of drug-likeness (QED) is 0.648. The highest BCUT2D eigenvalue weighted by Gasteiger charge is 2.23. The van der Waals surface area contributed by atoms with Crippen molar-refractivity contribution in [2.45, 2.75) is 13.2 Å². The summed E-state index contributed by atoms with van der Waals surface area (Å²) < 4.78 is 5.87. The first kappa shape index (κ1) is 19.2. The minimum absolute atomic E-state index is 0.0817. The van der Waals surface area contributed by atoms with E-state index >= 15 is 0 Å². The first-order valence-electron chi connectivity index (χ1n) is 9.96. The number of ether oxygens (including phenoxy) is 1. The summed E-state index contributed by atoms with van der Waals surface area (Å²) in [6.07, 6.45) is 3.69. The molecule has 0 spiro atoms. The molecule has 3 aromatic rings. The zero-order valence-electron chi connectivity index (χ0n) is 16.4. The standard InChI is InChI=1S/C24H25N3O2/c28-24(27-15-13-26(14-16-27)18-20-7-6-12-25-17-20)23-11-5-4-8-21(23)19-29-22-9-2-1-3-10-22/h1-12,17H,13-16,18-19H2. The fourth-order valence-corrected chi connectivity index (χ4v) is 3.56. The van der Waals surface area contributed by atoms with E-state index in [-0.39, 0.29) is 5.91 Å². The third-order valence-electron chi connectivity index (χ3n) is 5.17. The predicted octanol–water partition coefficient (Wildman–Crippen LogP) is 3.62. The molecule has 0 bridgehead atoms. The average Bonchev–Trinajstić information content (AvgIpc) is 2.79. The molecule has 0 radical (unpaired) electrons. The van der Waals surface area contributed by atoms with Crippen LogP contribution in [0.2, 0.25) is 0 Å². The van der Waals surface area contributed by atoms with Crippen LogP contribution in [-0.2, 0) is 13.2 Å². The number of hydrogen-bond donors (Lipinski definition) is 0. The van der Waals surface area contributed by atoms with Crippen LogP contribution in [-0.4, -0.2) is 46.9 Å². The summed E-state index contributed by atoms with van der Waals surface area (Å²) in [6.45, 7) is 4.44. The highest BCUT2D eigenvalue weighted by molar-refractivity contribution is 5.95. The van der Waals surface area contributed by atoms with Crippen LogP contribution in [0.4, 0.5) is 0 Å². The minimum atomic E-state index is 0.0817. The molecule has 0 atom stereocenters. The van der Waals surface area contributed by atoms with Gasteiger partial charge in [0.25, 0.3) is 5.91 Å². The summed E-state index contributed by atoms with van der Waals surface area (Å²) in [5.74, 6) is 0.886. The summed E-state index contributed by atoms with van der Waals surface area (Å²) in [7, 11) is 0. The van der Waals surface area contributed by atoms with Gasteiger partial charge in [-0.3, -0.25) is 14.7 Å². The van der Waals surface area contributed by atoms with Crippen LogP contribution >= 0.6 is 0 Å². The summed E-state index contributed by atoms with van der Waals surface area (Å²) in [6, 6.07) is 21.5. The van der Waals surface area contributed by atoms with Crippen molar-refractivity contribution in [2.24, 2.45) is 0 Å². The van der Waals surface area contributed by atoms with Crippen LogP contribution in [0.1, 0.15) is 21.5 Å². The maximum Gasteiger partial charge on any atom is 0.254 e.